The number of benzene rings is 2. The smallest absolute Gasteiger partial charge is 0.118 e. The Morgan fingerprint density at radius 1 is 1.24 bits per heavy atom. The molecule has 2 rings (SSSR count). The summed E-state index contributed by atoms with van der Waals surface area (Å²) in [5.74, 6) is 0.534. The van der Waals surface area contributed by atoms with Crippen LogP contribution >= 0.6 is 27.5 Å². The Labute approximate surface area is 137 Å². The van der Waals surface area contributed by atoms with E-state index < -0.39 is 6.10 Å². The molecule has 0 radical (unpaired) electrons. The third-order valence-electron chi connectivity index (χ3n) is 3.48. The molecule has 0 amide bonds. The fraction of sp³-hybridized carbons (Fsp3) is 0.250. The fourth-order valence-corrected chi connectivity index (χ4v) is 2.88. The Morgan fingerprint density at radius 2 is 1.90 bits per heavy atom. The second-order valence-electron chi connectivity index (χ2n) is 4.70. The lowest BCUT2D eigenvalue weighted by atomic mass is 9.89. The van der Waals surface area contributed by atoms with Crippen molar-refractivity contribution in [3.8, 4) is 5.75 Å². The van der Waals surface area contributed by atoms with Gasteiger partial charge in [0.25, 0.3) is 0 Å². The molecule has 2 atom stereocenters. The van der Waals surface area contributed by atoms with Crippen molar-refractivity contribution >= 4 is 27.5 Å². The summed E-state index contributed by atoms with van der Waals surface area (Å²) in [5, 5.41) is 11.2. The largest absolute Gasteiger partial charge is 0.497 e. The number of nitrogens with two attached hydrogens (primary N) is 1. The van der Waals surface area contributed by atoms with Crippen molar-refractivity contribution in [2.45, 2.75) is 12.0 Å². The van der Waals surface area contributed by atoms with Crippen LogP contribution in [0.5, 0.6) is 5.75 Å². The Balaban J connectivity index is 2.33. The van der Waals surface area contributed by atoms with E-state index in [9.17, 15) is 5.11 Å². The van der Waals surface area contributed by atoms with Crippen LogP contribution in [0.2, 0.25) is 5.02 Å². The monoisotopic (exact) mass is 369 g/mol. The average Bonchev–Trinajstić information content (AvgIpc) is 2.51. The van der Waals surface area contributed by atoms with Gasteiger partial charge in [-0.05, 0) is 39.7 Å². The van der Waals surface area contributed by atoms with Crippen LogP contribution in [0, 0.1) is 0 Å². The topological polar surface area (TPSA) is 55.5 Å². The zero-order valence-electron chi connectivity index (χ0n) is 11.6. The maximum absolute atomic E-state index is 10.6. The third kappa shape index (κ3) is 3.58. The summed E-state index contributed by atoms with van der Waals surface area (Å²) in [6.45, 7) is 0.316. The van der Waals surface area contributed by atoms with Crippen molar-refractivity contribution < 1.29 is 9.84 Å². The summed E-state index contributed by atoms with van der Waals surface area (Å²) in [5.41, 5.74) is 7.47. The van der Waals surface area contributed by atoms with Gasteiger partial charge in [-0.15, -0.1) is 0 Å². The van der Waals surface area contributed by atoms with E-state index in [1.165, 1.54) is 0 Å². The second kappa shape index (κ2) is 7.27. The van der Waals surface area contributed by atoms with Crippen molar-refractivity contribution in [2.24, 2.45) is 5.73 Å². The van der Waals surface area contributed by atoms with Gasteiger partial charge in [-0.2, -0.15) is 0 Å². The molecule has 0 aliphatic rings. The van der Waals surface area contributed by atoms with Crippen molar-refractivity contribution in [3.63, 3.8) is 0 Å². The molecule has 2 aromatic carbocycles. The standard InChI is InChI=1S/C16H17BrClNO2/c1-21-11-7-5-10(6-8-11)13(9-19)16(20)12-3-2-4-14(17)15(12)18/h2-8,13,16,20H,9,19H2,1H3. The number of aliphatic hydroxyl groups is 1. The Morgan fingerprint density at radius 3 is 2.48 bits per heavy atom. The molecule has 2 aromatic rings. The summed E-state index contributed by atoms with van der Waals surface area (Å²) in [6, 6.07) is 13.0. The summed E-state index contributed by atoms with van der Waals surface area (Å²) in [7, 11) is 1.62. The van der Waals surface area contributed by atoms with Gasteiger partial charge in [0.15, 0.2) is 0 Å². The molecule has 0 fully saturated rings. The van der Waals surface area contributed by atoms with Crippen molar-refractivity contribution in [2.75, 3.05) is 13.7 Å². The van der Waals surface area contributed by atoms with E-state index in [1.54, 1.807) is 7.11 Å². The first kappa shape index (κ1) is 16.3. The van der Waals surface area contributed by atoms with Gasteiger partial charge in [0.05, 0.1) is 18.2 Å². The molecule has 2 unspecified atom stereocenters. The highest BCUT2D eigenvalue weighted by Crippen LogP contribution is 2.37. The minimum atomic E-state index is -0.770. The second-order valence-corrected chi connectivity index (χ2v) is 5.94. The molecule has 3 nitrogen and oxygen atoms in total. The predicted octanol–water partition coefficient (Wildman–Crippen LogP) is 3.89. The fourth-order valence-electron chi connectivity index (χ4n) is 2.26. The Kier molecular flexibility index (Phi) is 5.65. The minimum absolute atomic E-state index is 0.234. The van der Waals surface area contributed by atoms with E-state index in [4.69, 9.17) is 22.1 Å². The highest BCUT2D eigenvalue weighted by Gasteiger charge is 2.24. The molecule has 0 aliphatic carbocycles. The number of hydrogen-bond donors (Lipinski definition) is 2. The lowest BCUT2D eigenvalue weighted by Gasteiger charge is -2.23. The molecule has 0 saturated carbocycles. The van der Waals surface area contributed by atoms with E-state index >= 15 is 0 Å². The summed E-state index contributed by atoms with van der Waals surface area (Å²) >= 11 is 9.63. The first-order chi connectivity index (χ1) is 10.1. The van der Waals surface area contributed by atoms with Gasteiger partial charge in [0.1, 0.15) is 5.75 Å². The highest BCUT2D eigenvalue weighted by molar-refractivity contribution is 9.10. The van der Waals surface area contributed by atoms with Gasteiger partial charge in [-0.3, -0.25) is 0 Å². The highest BCUT2D eigenvalue weighted by atomic mass is 79.9. The van der Waals surface area contributed by atoms with Crippen molar-refractivity contribution in [3.05, 3.63) is 63.1 Å². The number of halogens is 2. The van der Waals surface area contributed by atoms with Crippen LogP contribution < -0.4 is 10.5 Å². The van der Waals surface area contributed by atoms with Gasteiger partial charge in [0, 0.05) is 22.5 Å². The molecule has 0 spiro atoms. The van der Waals surface area contributed by atoms with E-state index in [2.05, 4.69) is 15.9 Å². The van der Waals surface area contributed by atoms with Gasteiger partial charge in [0.2, 0.25) is 0 Å². The van der Waals surface area contributed by atoms with Crippen molar-refractivity contribution in [1.29, 1.82) is 0 Å². The van der Waals surface area contributed by atoms with Crippen LogP contribution in [-0.2, 0) is 0 Å². The van der Waals surface area contributed by atoms with Crippen LogP contribution in [0.1, 0.15) is 23.1 Å². The van der Waals surface area contributed by atoms with E-state index in [0.717, 1.165) is 15.8 Å². The van der Waals surface area contributed by atoms with Crippen molar-refractivity contribution in [1.82, 2.24) is 0 Å². The average molecular weight is 371 g/mol. The molecule has 21 heavy (non-hydrogen) atoms. The number of methoxy groups -OCH3 is 1. The zero-order valence-corrected chi connectivity index (χ0v) is 13.9. The molecular weight excluding hydrogens is 354 g/mol. The molecule has 5 heteroatoms. The van der Waals surface area contributed by atoms with Gasteiger partial charge in [-0.25, -0.2) is 0 Å². The number of rotatable bonds is 5. The van der Waals surface area contributed by atoms with Crippen LogP contribution in [0.4, 0.5) is 0 Å². The van der Waals surface area contributed by atoms with Crippen LogP contribution in [-0.4, -0.2) is 18.8 Å². The SMILES string of the molecule is COc1ccc(C(CN)C(O)c2cccc(Br)c2Cl)cc1. The molecule has 0 saturated heterocycles. The number of ether oxygens (including phenoxy) is 1. The summed E-state index contributed by atoms with van der Waals surface area (Å²) in [4.78, 5) is 0. The molecule has 0 aliphatic heterocycles. The molecular formula is C16H17BrClNO2. The van der Waals surface area contributed by atoms with Crippen LogP contribution in [0.15, 0.2) is 46.9 Å². The molecule has 0 bridgehead atoms. The van der Waals surface area contributed by atoms with Gasteiger partial charge in [-0.1, -0.05) is 35.9 Å². The summed E-state index contributed by atoms with van der Waals surface area (Å²) < 4.78 is 5.90. The predicted molar refractivity (Wildman–Crippen MR) is 88.9 cm³/mol. The number of hydrogen-bond acceptors (Lipinski definition) is 3. The Bertz CT molecular complexity index is 604. The lowest BCUT2D eigenvalue weighted by Crippen LogP contribution is -2.20. The van der Waals surface area contributed by atoms with E-state index in [-0.39, 0.29) is 5.92 Å². The quantitative estimate of drug-likeness (QED) is 0.839. The third-order valence-corrected chi connectivity index (χ3v) is 4.79. The van der Waals surface area contributed by atoms with E-state index in [0.29, 0.717) is 17.1 Å². The van der Waals surface area contributed by atoms with Gasteiger partial charge >= 0.3 is 0 Å². The minimum Gasteiger partial charge on any atom is -0.497 e. The molecule has 112 valence electrons. The van der Waals surface area contributed by atoms with Crippen LogP contribution in [0.25, 0.3) is 0 Å². The maximum atomic E-state index is 10.6. The molecule has 0 aromatic heterocycles. The van der Waals surface area contributed by atoms with E-state index in [1.807, 2.05) is 42.5 Å². The summed E-state index contributed by atoms with van der Waals surface area (Å²) in [6.07, 6.45) is -0.770. The first-order valence-electron chi connectivity index (χ1n) is 6.54. The molecule has 0 heterocycles. The van der Waals surface area contributed by atoms with Gasteiger partial charge < -0.3 is 15.6 Å². The maximum Gasteiger partial charge on any atom is 0.118 e. The molecule has 3 N–H and O–H groups in total. The lowest BCUT2D eigenvalue weighted by molar-refractivity contribution is 0.147. The Hall–Kier alpha value is -1.07. The normalized spacial score (nSPS) is 13.8. The zero-order chi connectivity index (χ0) is 15.4. The first-order valence-corrected chi connectivity index (χ1v) is 7.71. The van der Waals surface area contributed by atoms with Crippen LogP contribution in [0.3, 0.4) is 0 Å². The number of aliphatic hydroxyl groups excluding tert-OH is 1.